The number of rotatable bonds is 8. The van der Waals surface area contributed by atoms with Gasteiger partial charge in [0.05, 0.1) is 12.3 Å². The molecule has 5 nitrogen and oxygen atoms in total. The zero-order chi connectivity index (χ0) is 21.6. The quantitative estimate of drug-likeness (QED) is 0.546. The van der Waals surface area contributed by atoms with Crippen LogP contribution in [0.5, 0.6) is 5.75 Å². The van der Waals surface area contributed by atoms with Crippen molar-refractivity contribution in [3.05, 3.63) is 60.3 Å². The van der Waals surface area contributed by atoms with E-state index in [-0.39, 0.29) is 5.91 Å². The standard InChI is InChI=1S/C25H28FN3O2/c1-2-31-21-10-8-18(9-11-21)23-16-19-6-3-4-7-22(19)24(28-23)25(30)27-13-5-14-29-15-12-20(26)17-29/h3-4,6-11,16,20H,2,5,12-15,17H2,1H3,(H,27,30)/t20-/m1/s1. The Kier molecular flexibility index (Phi) is 6.77. The van der Waals surface area contributed by atoms with E-state index in [2.05, 4.69) is 10.2 Å². The fourth-order valence-corrected chi connectivity index (χ4v) is 3.99. The minimum absolute atomic E-state index is 0.186. The number of alkyl halides is 1. The number of halogens is 1. The Morgan fingerprint density at radius 2 is 2.03 bits per heavy atom. The number of carbonyl (C=O) groups is 1. The van der Waals surface area contributed by atoms with Crippen molar-refractivity contribution < 1.29 is 13.9 Å². The van der Waals surface area contributed by atoms with E-state index in [0.717, 1.165) is 47.3 Å². The number of likely N-dealkylation sites (tertiary alicyclic amines) is 1. The molecule has 31 heavy (non-hydrogen) atoms. The molecule has 1 aliphatic rings. The second kappa shape index (κ2) is 9.88. The third kappa shape index (κ3) is 5.20. The van der Waals surface area contributed by atoms with Crippen LogP contribution in [0.4, 0.5) is 4.39 Å². The normalized spacial score (nSPS) is 16.5. The molecule has 2 aromatic carbocycles. The van der Waals surface area contributed by atoms with Gasteiger partial charge in [0.2, 0.25) is 0 Å². The summed E-state index contributed by atoms with van der Waals surface area (Å²) in [6.07, 6.45) is 0.686. The Hall–Kier alpha value is -2.99. The lowest BCUT2D eigenvalue weighted by molar-refractivity contribution is 0.0949. The number of nitrogens with one attached hydrogen (secondary N) is 1. The van der Waals surface area contributed by atoms with Gasteiger partial charge in [-0.25, -0.2) is 9.37 Å². The Morgan fingerprint density at radius 3 is 2.77 bits per heavy atom. The Bertz CT molecular complexity index is 1040. The third-order valence-electron chi connectivity index (χ3n) is 5.57. The van der Waals surface area contributed by atoms with Gasteiger partial charge in [-0.1, -0.05) is 24.3 Å². The number of aromatic nitrogens is 1. The van der Waals surface area contributed by atoms with Crippen molar-refractivity contribution >= 4 is 16.7 Å². The van der Waals surface area contributed by atoms with Crippen molar-refractivity contribution in [3.8, 4) is 17.0 Å². The van der Waals surface area contributed by atoms with Gasteiger partial charge >= 0.3 is 0 Å². The molecule has 0 saturated carbocycles. The maximum Gasteiger partial charge on any atom is 0.270 e. The largest absolute Gasteiger partial charge is 0.494 e. The highest BCUT2D eigenvalue weighted by molar-refractivity contribution is 6.06. The van der Waals surface area contributed by atoms with Gasteiger partial charge in [-0.05, 0) is 62.0 Å². The van der Waals surface area contributed by atoms with Crippen LogP contribution in [0.25, 0.3) is 22.0 Å². The average Bonchev–Trinajstić information content (AvgIpc) is 3.21. The second-order valence-electron chi connectivity index (χ2n) is 7.83. The number of ether oxygens (including phenoxy) is 1. The van der Waals surface area contributed by atoms with Crippen LogP contribution >= 0.6 is 0 Å². The Labute approximate surface area is 182 Å². The second-order valence-corrected chi connectivity index (χ2v) is 7.83. The first-order chi connectivity index (χ1) is 15.1. The van der Waals surface area contributed by atoms with Crippen molar-refractivity contribution in [2.75, 3.05) is 32.8 Å². The van der Waals surface area contributed by atoms with Gasteiger partial charge in [-0.15, -0.1) is 0 Å². The molecule has 1 aromatic heterocycles. The molecule has 0 unspecified atom stereocenters. The SMILES string of the molecule is CCOc1ccc(-c2cc3ccccc3c(C(=O)NCCCN3CC[C@@H](F)C3)n2)cc1. The lowest BCUT2D eigenvalue weighted by Gasteiger charge is -2.15. The number of hydrogen-bond donors (Lipinski definition) is 1. The van der Waals surface area contributed by atoms with Crippen LogP contribution in [0.2, 0.25) is 0 Å². The minimum Gasteiger partial charge on any atom is -0.494 e. The topological polar surface area (TPSA) is 54.5 Å². The van der Waals surface area contributed by atoms with Gasteiger partial charge in [0.25, 0.3) is 5.91 Å². The van der Waals surface area contributed by atoms with Crippen molar-refractivity contribution in [3.63, 3.8) is 0 Å². The first kappa shape index (κ1) is 21.2. The highest BCUT2D eigenvalue weighted by Crippen LogP contribution is 2.26. The van der Waals surface area contributed by atoms with E-state index in [9.17, 15) is 9.18 Å². The van der Waals surface area contributed by atoms with E-state index in [4.69, 9.17) is 9.72 Å². The molecule has 1 amide bonds. The Morgan fingerprint density at radius 1 is 1.23 bits per heavy atom. The molecule has 1 N–H and O–H groups in total. The lowest BCUT2D eigenvalue weighted by Crippen LogP contribution is -2.29. The van der Waals surface area contributed by atoms with Gasteiger partial charge < -0.3 is 15.0 Å². The van der Waals surface area contributed by atoms with Gasteiger partial charge in [-0.2, -0.15) is 0 Å². The molecular formula is C25H28FN3O2. The monoisotopic (exact) mass is 421 g/mol. The highest BCUT2D eigenvalue weighted by Gasteiger charge is 2.21. The number of pyridine rings is 1. The van der Waals surface area contributed by atoms with E-state index < -0.39 is 6.17 Å². The first-order valence-corrected chi connectivity index (χ1v) is 10.9. The fraction of sp³-hybridized carbons (Fsp3) is 0.360. The predicted molar refractivity (Wildman–Crippen MR) is 121 cm³/mol. The average molecular weight is 422 g/mol. The molecule has 1 saturated heterocycles. The van der Waals surface area contributed by atoms with Crippen molar-refractivity contribution in [1.82, 2.24) is 15.2 Å². The zero-order valence-corrected chi connectivity index (χ0v) is 17.8. The smallest absolute Gasteiger partial charge is 0.270 e. The summed E-state index contributed by atoms with van der Waals surface area (Å²) in [5.41, 5.74) is 2.10. The molecular weight excluding hydrogens is 393 g/mol. The maximum absolute atomic E-state index is 13.3. The zero-order valence-electron chi connectivity index (χ0n) is 17.8. The fourth-order valence-electron chi connectivity index (χ4n) is 3.99. The van der Waals surface area contributed by atoms with E-state index in [0.29, 0.717) is 31.8 Å². The summed E-state index contributed by atoms with van der Waals surface area (Å²) < 4.78 is 18.8. The molecule has 0 radical (unpaired) electrons. The summed E-state index contributed by atoms with van der Waals surface area (Å²) in [5, 5.41) is 4.79. The summed E-state index contributed by atoms with van der Waals surface area (Å²) in [7, 11) is 0. The molecule has 162 valence electrons. The predicted octanol–water partition coefficient (Wildman–Crippen LogP) is 4.46. The van der Waals surface area contributed by atoms with Crippen LogP contribution in [0.3, 0.4) is 0 Å². The van der Waals surface area contributed by atoms with E-state index in [1.807, 2.05) is 61.5 Å². The summed E-state index contributed by atoms with van der Waals surface area (Å²) >= 11 is 0. The number of benzene rings is 2. The molecule has 1 aliphatic heterocycles. The molecule has 1 fully saturated rings. The molecule has 0 spiro atoms. The molecule has 2 heterocycles. The third-order valence-corrected chi connectivity index (χ3v) is 5.57. The first-order valence-electron chi connectivity index (χ1n) is 10.9. The Balaban J connectivity index is 1.50. The lowest BCUT2D eigenvalue weighted by atomic mass is 10.0. The summed E-state index contributed by atoms with van der Waals surface area (Å²) in [5.74, 6) is 0.621. The molecule has 0 aliphatic carbocycles. The number of amides is 1. The van der Waals surface area contributed by atoms with Crippen molar-refractivity contribution in [2.24, 2.45) is 0 Å². The van der Waals surface area contributed by atoms with Crippen LogP contribution in [-0.4, -0.2) is 54.7 Å². The van der Waals surface area contributed by atoms with Crippen LogP contribution in [-0.2, 0) is 0 Å². The van der Waals surface area contributed by atoms with Crippen LogP contribution in [0.15, 0.2) is 54.6 Å². The van der Waals surface area contributed by atoms with Crippen molar-refractivity contribution in [2.45, 2.75) is 25.9 Å². The van der Waals surface area contributed by atoms with E-state index in [1.165, 1.54) is 0 Å². The van der Waals surface area contributed by atoms with Gasteiger partial charge in [-0.3, -0.25) is 4.79 Å². The van der Waals surface area contributed by atoms with Gasteiger partial charge in [0, 0.05) is 30.6 Å². The molecule has 4 rings (SSSR count). The number of carbonyl (C=O) groups excluding carboxylic acids is 1. The highest BCUT2D eigenvalue weighted by atomic mass is 19.1. The molecule has 0 bridgehead atoms. The maximum atomic E-state index is 13.3. The van der Waals surface area contributed by atoms with E-state index >= 15 is 0 Å². The summed E-state index contributed by atoms with van der Waals surface area (Å²) in [6.45, 7) is 5.20. The molecule has 1 atom stereocenters. The number of fused-ring (bicyclic) bond motifs is 1. The molecule has 3 aromatic rings. The number of nitrogens with zero attached hydrogens (tertiary/aromatic N) is 2. The van der Waals surface area contributed by atoms with Gasteiger partial charge in [0.15, 0.2) is 0 Å². The summed E-state index contributed by atoms with van der Waals surface area (Å²) in [6, 6.07) is 17.5. The van der Waals surface area contributed by atoms with Crippen LogP contribution in [0.1, 0.15) is 30.3 Å². The van der Waals surface area contributed by atoms with Crippen molar-refractivity contribution in [1.29, 1.82) is 0 Å². The van der Waals surface area contributed by atoms with E-state index in [1.54, 1.807) is 0 Å². The summed E-state index contributed by atoms with van der Waals surface area (Å²) in [4.78, 5) is 19.8. The molecule has 6 heteroatoms. The minimum atomic E-state index is -0.713. The number of hydrogen-bond acceptors (Lipinski definition) is 4. The van der Waals surface area contributed by atoms with Gasteiger partial charge in [0.1, 0.15) is 17.6 Å². The van der Waals surface area contributed by atoms with Crippen LogP contribution in [0, 0.1) is 0 Å². The van der Waals surface area contributed by atoms with Crippen LogP contribution < -0.4 is 10.1 Å².